The second-order valence-corrected chi connectivity index (χ2v) is 7.08. The second-order valence-electron chi connectivity index (χ2n) is 5.18. The highest BCUT2D eigenvalue weighted by Crippen LogP contribution is 2.32. The van der Waals surface area contributed by atoms with Crippen LogP contribution in [0.4, 0.5) is 5.69 Å². The first-order chi connectivity index (χ1) is 8.40. The Kier molecular flexibility index (Phi) is 5.69. The van der Waals surface area contributed by atoms with Gasteiger partial charge in [-0.15, -0.1) is 11.8 Å². The molecular weight excluding hydrogens is 244 g/mol. The van der Waals surface area contributed by atoms with Crippen LogP contribution in [0.15, 0.2) is 29.2 Å². The van der Waals surface area contributed by atoms with Crippen molar-refractivity contribution in [2.45, 2.75) is 43.3 Å². The number of carbonyl (C=O) groups is 1. The quantitative estimate of drug-likeness (QED) is 0.804. The summed E-state index contributed by atoms with van der Waals surface area (Å²) in [5, 5.41) is 2.86. The predicted molar refractivity (Wildman–Crippen MR) is 79.0 cm³/mol. The zero-order valence-electron chi connectivity index (χ0n) is 11.3. The van der Waals surface area contributed by atoms with Gasteiger partial charge in [0.15, 0.2) is 0 Å². The molecule has 0 radical (unpaired) electrons. The van der Waals surface area contributed by atoms with Gasteiger partial charge in [0.2, 0.25) is 5.91 Å². The van der Waals surface area contributed by atoms with Crippen molar-refractivity contribution < 1.29 is 4.79 Å². The molecule has 0 saturated carbocycles. The van der Waals surface area contributed by atoms with Gasteiger partial charge in [-0.1, -0.05) is 20.8 Å². The normalized spacial score (nSPS) is 11.3. The maximum Gasteiger partial charge on any atom is 0.224 e. The molecule has 18 heavy (non-hydrogen) atoms. The third-order valence-electron chi connectivity index (χ3n) is 2.17. The number of thioether (sulfide) groups is 1. The summed E-state index contributed by atoms with van der Waals surface area (Å²) in [5.74, 6) is 0.0247. The molecule has 1 amide bonds. The summed E-state index contributed by atoms with van der Waals surface area (Å²) in [6, 6.07) is 7.95. The zero-order chi connectivity index (χ0) is 13.6. The van der Waals surface area contributed by atoms with E-state index in [0.29, 0.717) is 13.0 Å². The summed E-state index contributed by atoms with van der Waals surface area (Å²) in [6.07, 6.45) is 1.21. The van der Waals surface area contributed by atoms with Gasteiger partial charge in [0.05, 0.1) is 0 Å². The van der Waals surface area contributed by atoms with E-state index in [-0.39, 0.29) is 10.7 Å². The third kappa shape index (κ3) is 6.07. The molecule has 0 heterocycles. The van der Waals surface area contributed by atoms with Gasteiger partial charge in [-0.25, -0.2) is 0 Å². The number of benzene rings is 1. The molecule has 0 aliphatic rings. The Hall–Kier alpha value is -1.00. The first-order valence-corrected chi connectivity index (χ1v) is 7.01. The van der Waals surface area contributed by atoms with Crippen LogP contribution in [0, 0.1) is 0 Å². The lowest BCUT2D eigenvalue weighted by Gasteiger charge is -2.17. The molecule has 100 valence electrons. The topological polar surface area (TPSA) is 55.1 Å². The predicted octanol–water partition coefficient (Wildman–Crippen LogP) is 3.25. The molecule has 1 aromatic carbocycles. The number of nitrogens with two attached hydrogens (primary N) is 1. The Balaban J connectivity index is 2.52. The molecule has 0 fully saturated rings. The molecule has 0 atom stereocenters. The molecule has 0 aliphatic carbocycles. The number of carbonyl (C=O) groups excluding carboxylic acids is 1. The number of rotatable bonds is 5. The number of hydrogen-bond acceptors (Lipinski definition) is 3. The highest BCUT2D eigenvalue weighted by Gasteiger charge is 2.11. The molecular formula is C14H22N2OS. The highest BCUT2D eigenvalue weighted by atomic mass is 32.2. The molecule has 0 unspecified atom stereocenters. The average Bonchev–Trinajstić information content (AvgIpc) is 2.27. The molecule has 0 spiro atoms. The average molecular weight is 266 g/mol. The number of nitrogens with one attached hydrogen (secondary N) is 1. The van der Waals surface area contributed by atoms with Crippen molar-refractivity contribution in [1.29, 1.82) is 0 Å². The van der Waals surface area contributed by atoms with Gasteiger partial charge in [-0.2, -0.15) is 0 Å². The Morgan fingerprint density at radius 1 is 1.28 bits per heavy atom. The fourth-order valence-corrected chi connectivity index (χ4v) is 2.43. The standard InChI is InChI=1S/C14H22N2OS/c1-14(2,3)18-12-8-6-11(7-9-12)16-13(17)5-4-10-15/h6-9H,4-5,10,15H2,1-3H3,(H,16,17). The van der Waals surface area contributed by atoms with Crippen molar-refractivity contribution >= 4 is 23.4 Å². The van der Waals surface area contributed by atoms with Crippen molar-refractivity contribution in [2.75, 3.05) is 11.9 Å². The lowest BCUT2D eigenvalue weighted by atomic mass is 10.2. The molecule has 4 heteroatoms. The molecule has 0 bridgehead atoms. The van der Waals surface area contributed by atoms with Crippen molar-refractivity contribution in [3.05, 3.63) is 24.3 Å². The molecule has 3 N–H and O–H groups in total. The van der Waals surface area contributed by atoms with Crippen LogP contribution in [-0.2, 0) is 4.79 Å². The van der Waals surface area contributed by atoms with E-state index in [9.17, 15) is 4.79 Å². The van der Waals surface area contributed by atoms with E-state index in [2.05, 4.69) is 26.1 Å². The first-order valence-electron chi connectivity index (χ1n) is 6.20. The largest absolute Gasteiger partial charge is 0.330 e. The van der Waals surface area contributed by atoms with E-state index in [0.717, 1.165) is 12.1 Å². The molecule has 1 rings (SSSR count). The number of hydrogen-bond donors (Lipinski definition) is 2. The zero-order valence-corrected chi connectivity index (χ0v) is 12.1. The number of amides is 1. The van der Waals surface area contributed by atoms with Gasteiger partial charge in [-0.3, -0.25) is 4.79 Å². The third-order valence-corrected chi connectivity index (χ3v) is 3.29. The SMILES string of the molecule is CC(C)(C)Sc1ccc(NC(=O)CCCN)cc1. The van der Waals surface area contributed by atoms with E-state index in [1.807, 2.05) is 36.0 Å². The molecule has 0 saturated heterocycles. The van der Waals surface area contributed by atoms with Crippen molar-refractivity contribution in [1.82, 2.24) is 0 Å². The Labute approximate surface area is 114 Å². The number of anilines is 1. The van der Waals surface area contributed by atoms with E-state index >= 15 is 0 Å². The highest BCUT2D eigenvalue weighted by molar-refractivity contribution is 8.00. The summed E-state index contributed by atoms with van der Waals surface area (Å²) in [5.41, 5.74) is 6.21. The lowest BCUT2D eigenvalue weighted by Crippen LogP contribution is -2.13. The molecule has 0 aromatic heterocycles. The van der Waals surface area contributed by atoms with Crippen LogP contribution in [0.2, 0.25) is 0 Å². The van der Waals surface area contributed by atoms with Crippen molar-refractivity contribution in [3.63, 3.8) is 0 Å². The summed E-state index contributed by atoms with van der Waals surface area (Å²) in [4.78, 5) is 12.7. The van der Waals surface area contributed by atoms with Crippen LogP contribution in [0.5, 0.6) is 0 Å². The van der Waals surface area contributed by atoms with Gasteiger partial charge in [0.1, 0.15) is 0 Å². The van der Waals surface area contributed by atoms with Gasteiger partial charge >= 0.3 is 0 Å². The van der Waals surface area contributed by atoms with Crippen LogP contribution in [0.25, 0.3) is 0 Å². The van der Waals surface area contributed by atoms with Crippen LogP contribution in [-0.4, -0.2) is 17.2 Å². The maximum absolute atomic E-state index is 11.5. The second kappa shape index (κ2) is 6.81. The minimum atomic E-state index is 0.0247. The summed E-state index contributed by atoms with van der Waals surface area (Å²) in [6.45, 7) is 7.09. The molecule has 3 nitrogen and oxygen atoms in total. The fourth-order valence-electron chi connectivity index (χ4n) is 1.45. The van der Waals surface area contributed by atoms with Gasteiger partial charge in [0.25, 0.3) is 0 Å². The Morgan fingerprint density at radius 2 is 1.89 bits per heavy atom. The Bertz CT molecular complexity index is 382. The van der Waals surface area contributed by atoms with E-state index in [4.69, 9.17) is 5.73 Å². The van der Waals surface area contributed by atoms with Crippen LogP contribution in [0.1, 0.15) is 33.6 Å². The summed E-state index contributed by atoms with van der Waals surface area (Å²) >= 11 is 1.81. The smallest absolute Gasteiger partial charge is 0.224 e. The van der Waals surface area contributed by atoms with Crippen molar-refractivity contribution in [2.24, 2.45) is 5.73 Å². The van der Waals surface area contributed by atoms with Gasteiger partial charge in [0, 0.05) is 21.8 Å². The lowest BCUT2D eigenvalue weighted by molar-refractivity contribution is -0.116. The van der Waals surface area contributed by atoms with Crippen LogP contribution >= 0.6 is 11.8 Å². The monoisotopic (exact) mass is 266 g/mol. The van der Waals surface area contributed by atoms with E-state index in [1.165, 1.54) is 4.90 Å². The summed E-state index contributed by atoms with van der Waals surface area (Å²) < 4.78 is 0.200. The van der Waals surface area contributed by atoms with E-state index in [1.54, 1.807) is 0 Å². The first kappa shape index (κ1) is 15.1. The minimum Gasteiger partial charge on any atom is -0.330 e. The Morgan fingerprint density at radius 3 is 2.39 bits per heavy atom. The molecule has 1 aromatic rings. The van der Waals surface area contributed by atoms with Crippen molar-refractivity contribution in [3.8, 4) is 0 Å². The minimum absolute atomic E-state index is 0.0247. The van der Waals surface area contributed by atoms with Crippen LogP contribution < -0.4 is 11.1 Å². The van der Waals surface area contributed by atoms with Crippen LogP contribution in [0.3, 0.4) is 0 Å². The fraction of sp³-hybridized carbons (Fsp3) is 0.500. The summed E-state index contributed by atoms with van der Waals surface area (Å²) in [7, 11) is 0. The van der Waals surface area contributed by atoms with Gasteiger partial charge < -0.3 is 11.1 Å². The molecule has 0 aliphatic heterocycles. The maximum atomic E-state index is 11.5. The van der Waals surface area contributed by atoms with Gasteiger partial charge in [-0.05, 0) is 37.2 Å². The van der Waals surface area contributed by atoms with E-state index < -0.39 is 0 Å².